The van der Waals surface area contributed by atoms with Crippen molar-refractivity contribution in [2.24, 2.45) is 11.8 Å². The van der Waals surface area contributed by atoms with Gasteiger partial charge in [0.15, 0.2) is 0 Å². The molecule has 0 aliphatic carbocycles. The largest absolute Gasteiger partial charge is 0.380 e. The molecular formula is C16H30N2O2S. The zero-order chi connectivity index (χ0) is 15.3. The molecule has 2 saturated heterocycles. The molecular weight excluding hydrogens is 284 g/mol. The predicted octanol–water partition coefficient (Wildman–Crippen LogP) is 1.73. The Hall–Kier alpha value is -0.260. The maximum Gasteiger partial charge on any atom is 0.252 e. The third kappa shape index (κ3) is 5.15. The number of carbonyl (C=O) groups is 1. The number of hydrogen-bond acceptors (Lipinski definition) is 4. The summed E-state index contributed by atoms with van der Waals surface area (Å²) in [6, 6.07) is 0. The van der Waals surface area contributed by atoms with E-state index in [0.717, 1.165) is 24.6 Å². The van der Waals surface area contributed by atoms with Crippen LogP contribution in [0.15, 0.2) is 0 Å². The highest BCUT2D eigenvalue weighted by atomic mass is 32.2. The monoisotopic (exact) mass is 314 g/mol. The normalized spacial score (nSPS) is 26.8. The van der Waals surface area contributed by atoms with Crippen molar-refractivity contribution < 1.29 is 9.90 Å². The van der Waals surface area contributed by atoms with Crippen LogP contribution < -0.4 is 5.32 Å². The highest BCUT2D eigenvalue weighted by molar-refractivity contribution is 7.99. The van der Waals surface area contributed by atoms with Gasteiger partial charge in [-0.05, 0) is 55.6 Å². The fourth-order valence-electron chi connectivity index (χ4n) is 3.34. The van der Waals surface area contributed by atoms with Gasteiger partial charge in [-0.1, -0.05) is 13.8 Å². The fraction of sp³-hybridized carbons (Fsp3) is 0.938. The van der Waals surface area contributed by atoms with E-state index in [1.165, 1.54) is 19.4 Å². The first-order chi connectivity index (χ1) is 9.99. The van der Waals surface area contributed by atoms with Crippen LogP contribution in [0.4, 0.5) is 0 Å². The molecule has 0 spiro atoms. The molecule has 4 nitrogen and oxygen atoms in total. The lowest BCUT2D eigenvalue weighted by atomic mass is 9.94. The van der Waals surface area contributed by atoms with Gasteiger partial charge in [0, 0.05) is 19.6 Å². The molecule has 0 aromatic carbocycles. The first-order valence-electron chi connectivity index (χ1n) is 8.30. The highest BCUT2D eigenvalue weighted by Crippen LogP contribution is 2.27. The quantitative estimate of drug-likeness (QED) is 0.811. The molecule has 2 N–H and O–H groups in total. The van der Waals surface area contributed by atoms with Crippen molar-refractivity contribution >= 4 is 17.7 Å². The van der Waals surface area contributed by atoms with Crippen molar-refractivity contribution in [3.63, 3.8) is 0 Å². The first kappa shape index (κ1) is 17.1. The molecule has 2 rings (SSSR count). The molecule has 21 heavy (non-hydrogen) atoms. The molecule has 2 fully saturated rings. The molecule has 0 radical (unpaired) electrons. The maximum atomic E-state index is 12.2. The predicted molar refractivity (Wildman–Crippen MR) is 88.5 cm³/mol. The van der Waals surface area contributed by atoms with Gasteiger partial charge in [-0.25, -0.2) is 0 Å². The summed E-state index contributed by atoms with van der Waals surface area (Å²) in [6.45, 7) is 8.62. The van der Waals surface area contributed by atoms with E-state index >= 15 is 0 Å². The Morgan fingerprint density at radius 2 is 2.14 bits per heavy atom. The summed E-state index contributed by atoms with van der Waals surface area (Å²) in [5.41, 5.74) is -1.11. The van der Waals surface area contributed by atoms with Gasteiger partial charge in [0.1, 0.15) is 5.60 Å². The zero-order valence-corrected chi connectivity index (χ0v) is 14.3. The Labute approximate surface area is 133 Å². The second-order valence-corrected chi connectivity index (χ2v) is 8.24. The van der Waals surface area contributed by atoms with E-state index in [1.807, 2.05) is 11.8 Å². The topological polar surface area (TPSA) is 52.6 Å². The molecule has 2 heterocycles. The van der Waals surface area contributed by atoms with Crippen LogP contribution in [0.2, 0.25) is 0 Å². The van der Waals surface area contributed by atoms with Crippen LogP contribution in [-0.2, 0) is 4.79 Å². The molecule has 0 bridgehead atoms. The van der Waals surface area contributed by atoms with E-state index < -0.39 is 5.60 Å². The lowest BCUT2D eigenvalue weighted by Gasteiger charge is -2.35. The van der Waals surface area contributed by atoms with Gasteiger partial charge in [-0.2, -0.15) is 11.8 Å². The minimum absolute atomic E-state index is 0.149. The average Bonchev–Trinajstić information content (AvgIpc) is 2.45. The second-order valence-electron chi connectivity index (χ2n) is 7.02. The number of amides is 1. The molecule has 1 atom stereocenters. The zero-order valence-electron chi connectivity index (χ0n) is 13.4. The maximum absolute atomic E-state index is 12.2. The van der Waals surface area contributed by atoms with E-state index in [9.17, 15) is 9.90 Å². The number of hydrogen-bond donors (Lipinski definition) is 2. The van der Waals surface area contributed by atoms with Gasteiger partial charge in [0.05, 0.1) is 0 Å². The van der Waals surface area contributed by atoms with Crippen LogP contribution in [0.5, 0.6) is 0 Å². The summed E-state index contributed by atoms with van der Waals surface area (Å²) in [7, 11) is 0. The molecule has 2 aliphatic rings. The lowest BCUT2D eigenvalue weighted by Crippen LogP contribution is -2.51. The number of rotatable bonds is 5. The molecule has 0 aromatic heterocycles. The summed E-state index contributed by atoms with van der Waals surface area (Å²) in [5, 5.41) is 13.4. The van der Waals surface area contributed by atoms with Crippen molar-refractivity contribution in [3.05, 3.63) is 0 Å². The van der Waals surface area contributed by atoms with Crippen molar-refractivity contribution in [1.29, 1.82) is 0 Å². The number of nitrogens with zero attached hydrogens (tertiary/aromatic N) is 1. The van der Waals surface area contributed by atoms with Crippen molar-refractivity contribution in [3.8, 4) is 0 Å². The van der Waals surface area contributed by atoms with E-state index in [-0.39, 0.29) is 5.91 Å². The Balaban J connectivity index is 1.75. The summed E-state index contributed by atoms with van der Waals surface area (Å²) in [6.07, 6.45) is 3.58. The smallest absolute Gasteiger partial charge is 0.252 e. The van der Waals surface area contributed by atoms with Crippen molar-refractivity contribution in [2.45, 2.75) is 45.1 Å². The van der Waals surface area contributed by atoms with Crippen LogP contribution in [0, 0.1) is 11.8 Å². The molecule has 2 aliphatic heterocycles. The van der Waals surface area contributed by atoms with Gasteiger partial charge in [0.2, 0.25) is 0 Å². The third-order valence-corrected chi connectivity index (χ3v) is 5.51. The minimum atomic E-state index is -1.11. The number of nitrogens with one attached hydrogen (secondary N) is 1. The number of thioether (sulfide) groups is 1. The van der Waals surface area contributed by atoms with Crippen LogP contribution in [-0.4, -0.2) is 59.2 Å². The number of likely N-dealkylation sites (tertiary alicyclic amines) is 1. The van der Waals surface area contributed by atoms with E-state index in [4.69, 9.17) is 0 Å². The van der Waals surface area contributed by atoms with Crippen molar-refractivity contribution in [1.82, 2.24) is 10.2 Å². The molecule has 5 heteroatoms. The summed E-state index contributed by atoms with van der Waals surface area (Å²) in [4.78, 5) is 14.7. The highest BCUT2D eigenvalue weighted by Gasteiger charge is 2.37. The third-order valence-electron chi connectivity index (χ3n) is 4.52. The summed E-state index contributed by atoms with van der Waals surface area (Å²) in [5.74, 6) is 2.84. The summed E-state index contributed by atoms with van der Waals surface area (Å²) >= 11 is 1.82. The first-order valence-corrected chi connectivity index (χ1v) is 9.46. The fourth-order valence-corrected chi connectivity index (χ4v) is 4.51. The number of aliphatic hydroxyl groups is 1. The van der Waals surface area contributed by atoms with Crippen LogP contribution in [0.25, 0.3) is 0 Å². The molecule has 122 valence electrons. The van der Waals surface area contributed by atoms with Crippen molar-refractivity contribution in [2.75, 3.05) is 37.7 Å². The Morgan fingerprint density at radius 3 is 2.81 bits per heavy atom. The van der Waals surface area contributed by atoms with E-state index in [2.05, 4.69) is 24.1 Å². The van der Waals surface area contributed by atoms with Gasteiger partial charge >= 0.3 is 0 Å². The lowest BCUT2D eigenvalue weighted by molar-refractivity contribution is -0.140. The molecule has 0 saturated carbocycles. The Bertz CT molecular complexity index is 343. The molecule has 1 amide bonds. The van der Waals surface area contributed by atoms with Gasteiger partial charge < -0.3 is 15.3 Å². The SMILES string of the molecule is CC(C)CN1CCCC(CNC(=O)C2(O)CCSCC2)C1. The second kappa shape index (κ2) is 7.84. The standard InChI is InChI=1S/C16H30N2O2S/c1-13(2)11-18-7-3-4-14(12-18)10-17-15(19)16(20)5-8-21-9-6-16/h13-14,20H,3-12H2,1-2H3,(H,17,19). The van der Waals surface area contributed by atoms with E-state index in [0.29, 0.717) is 31.2 Å². The van der Waals surface area contributed by atoms with Crippen LogP contribution in [0.3, 0.4) is 0 Å². The number of carbonyl (C=O) groups excluding carboxylic acids is 1. The van der Waals surface area contributed by atoms with Crippen LogP contribution in [0.1, 0.15) is 39.5 Å². The van der Waals surface area contributed by atoms with E-state index in [1.54, 1.807) is 0 Å². The van der Waals surface area contributed by atoms with Gasteiger partial charge in [-0.3, -0.25) is 4.79 Å². The average molecular weight is 314 g/mol. The number of piperidine rings is 1. The summed E-state index contributed by atoms with van der Waals surface area (Å²) < 4.78 is 0. The molecule has 1 unspecified atom stereocenters. The minimum Gasteiger partial charge on any atom is -0.380 e. The van der Waals surface area contributed by atoms with Crippen LogP contribution >= 0.6 is 11.8 Å². The Morgan fingerprint density at radius 1 is 1.43 bits per heavy atom. The Kier molecular flexibility index (Phi) is 6.38. The molecule has 0 aromatic rings. The van der Waals surface area contributed by atoms with Gasteiger partial charge in [0.25, 0.3) is 5.91 Å². The van der Waals surface area contributed by atoms with Gasteiger partial charge in [-0.15, -0.1) is 0 Å².